The van der Waals surface area contributed by atoms with Crippen molar-refractivity contribution < 1.29 is 13.3 Å². The highest BCUT2D eigenvalue weighted by atomic mass is 32.1. The smallest absolute Gasteiger partial charge is 0.251 e. The predicted molar refractivity (Wildman–Crippen MR) is 80.6 cm³/mol. The lowest BCUT2D eigenvalue weighted by atomic mass is 9.97. The number of piperidine rings is 1. The van der Waals surface area contributed by atoms with Gasteiger partial charge in [-0.05, 0) is 45.0 Å². The van der Waals surface area contributed by atoms with E-state index in [0.717, 1.165) is 12.8 Å². The Balaban J connectivity index is 1.56. The summed E-state index contributed by atoms with van der Waals surface area (Å²) in [5.74, 6) is 1.55. The molecule has 0 saturated carbocycles. The number of aryl methyl sites for hydroxylation is 1. The van der Waals surface area contributed by atoms with E-state index in [1.54, 1.807) is 16.2 Å². The molecule has 0 aromatic carbocycles. The third-order valence-electron chi connectivity index (χ3n) is 3.95. The van der Waals surface area contributed by atoms with Gasteiger partial charge in [0, 0.05) is 22.1 Å². The summed E-state index contributed by atoms with van der Waals surface area (Å²) in [6.07, 6.45) is 0.0198. The summed E-state index contributed by atoms with van der Waals surface area (Å²) in [6.45, 7) is 3.26. The Hall–Kier alpha value is -1.34. The minimum absolute atomic E-state index is 0.139. The van der Waals surface area contributed by atoms with Gasteiger partial charge in [0.1, 0.15) is 0 Å². The number of likely N-dealkylation sites (tertiary alicyclic amines) is 1. The Morgan fingerprint density at radius 3 is 2.77 bits per heavy atom. The van der Waals surface area contributed by atoms with Crippen LogP contribution in [0.2, 0.25) is 0 Å². The molecule has 7 heteroatoms. The lowest BCUT2D eigenvalue weighted by Crippen LogP contribution is -2.36. The first kappa shape index (κ1) is 15.6. The van der Waals surface area contributed by atoms with E-state index in [2.05, 4.69) is 29.2 Å². The molecule has 4 nitrogen and oxygen atoms in total. The van der Waals surface area contributed by atoms with E-state index in [1.807, 2.05) is 0 Å². The van der Waals surface area contributed by atoms with E-state index in [1.165, 1.54) is 9.75 Å². The number of hydrogen-bond acceptors (Lipinski definition) is 5. The van der Waals surface area contributed by atoms with E-state index in [0.29, 0.717) is 31.2 Å². The Morgan fingerprint density at radius 1 is 1.36 bits per heavy atom. The number of rotatable bonds is 5. The SMILES string of the molecule is Cc1ccc(Cc2noc(C3CCN(CC(F)F)CC3)n2)s1. The first-order valence-electron chi connectivity index (χ1n) is 7.48. The van der Waals surface area contributed by atoms with Crippen LogP contribution in [0.5, 0.6) is 0 Å². The average Bonchev–Trinajstić information content (AvgIpc) is 3.09. The average molecular weight is 327 g/mol. The summed E-state index contributed by atoms with van der Waals surface area (Å²) in [5.41, 5.74) is 0. The molecule has 1 saturated heterocycles. The first-order chi connectivity index (χ1) is 10.6. The minimum Gasteiger partial charge on any atom is -0.339 e. The van der Waals surface area contributed by atoms with Crippen molar-refractivity contribution in [2.24, 2.45) is 0 Å². The van der Waals surface area contributed by atoms with Gasteiger partial charge < -0.3 is 4.52 Å². The van der Waals surface area contributed by atoms with Gasteiger partial charge in [-0.3, -0.25) is 4.90 Å². The van der Waals surface area contributed by atoms with Crippen molar-refractivity contribution in [1.82, 2.24) is 15.0 Å². The zero-order valence-corrected chi connectivity index (χ0v) is 13.3. The van der Waals surface area contributed by atoms with Gasteiger partial charge in [-0.15, -0.1) is 11.3 Å². The number of nitrogens with zero attached hydrogens (tertiary/aromatic N) is 3. The highest BCUT2D eigenvalue weighted by Crippen LogP contribution is 2.27. The molecule has 0 unspecified atom stereocenters. The maximum atomic E-state index is 12.4. The van der Waals surface area contributed by atoms with Crippen LogP contribution in [-0.4, -0.2) is 41.1 Å². The number of halogens is 2. The Morgan fingerprint density at radius 2 is 2.14 bits per heavy atom. The second-order valence-electron chi connectivity index (χ2n) is 5.70. The molecule has 1 aliphatic rings. The molecule has 0 N–H and O–H groups in total. The van der Waals surface area contributed by atoms with Crippen LogP contribution >= 0.6 is 11.3 Å². The second kappa shape index (κ2) is 6.83. The molecule has 3 rings (SSSR count). The van der Waals surface area contributed by atoms with E-state index in [9.17, 15) is 8.78 Å². The molecule has 120 valence electrons. The second-order valence-corrected chi connectivity index (χ2v) is 7.08. The molecule has 1 fully saturated rings. The zero-order chi connectivity index (χ0) is 15.5. The van der Waals surface area contributed by atoms with Crippen LogP contribution in [-0.2, 0) is 6.42 Å². The standard InChI is InChI=1S/C15H19F2N3OS/c1-10-2-3-12(22-10)8-14-18-15(21-19-14)11-4-6-20(7-5-11)9-13(16)17/h2-3,11,13H,4-9H2,1H3. The first-order valence-corrected chi connectivity index (χ1v) is 8.30. The van der Waals surface area contributed by atoms with Crippen molar-refractivity contribution >= 4 is 11.3 Å². The molecule has 1 aliphatic heterocycles. The fraction of sp³-hybridized carbons (Fsp3) is 0.600. The summed E-state index contributed by atoms with van der Waals surface area (Å²) in [7, 11) is 0. The summed E-state index contributed by atoms with van der Waals surface area (Å²) >= 11 is 1.73. The summed E-state index contributed by atoms with van der Waals surface area (Å²) in [6, 6.07) is 4.17. The molecule has 0 spiro atoms. The third kappa shape index (κ3) is 3.89. The Labute approximate surface area is 132 Å². The van der Waals surface area contributed by atoms with Gasteiger partial charge >= 0.3 is 0 Å². The lowest BCUT2D eigenvalue weighted by Gasteiger charge is -2.29. The van der Waals surface area contributed by atoms with Crippen LogP contribution in [0.1, 0.15) is 40.2 Å². The highest BCUT2D eigenvalue weighted by molar-refractivity contribution is 7.11. The van der Waals surface area contributed by atoms with E-state index < -0.39 is 6.43 Å². The van der Waals surface area contributed by atoms with Crippen molar-refractivity contribution in [3.05, 3.63) is 33.6 Å². The molecule has 0 bridgehead atoms. The molecule has 3 heterocycles. The van der Waals surface area contributed by atoms with Crippen LogP contribution in [0.25, 0.3) is 0 Å². The van der Waals surface area contributed by atoms with Crippen molar-refractivity contribution in [3.8, 4) is 0 Å². The number of aromatic nitrogens is 2. The van der Waals surface area contributed by atoms with Crippen molar-refractivity contribution in [2.75, 3.05) is 19.6 Å². The van der Waals surface area contributed by atoms with Crippen molar-refractivity contribution in [2.45, 2.75) is 38.5 Å². The van der Waals surface area contributed by atoms with Gasteiger partial charge in [-0.25, -0.2) is 8.78 Å². The maximum Gasteiger partial charge on any atom is 0.251 e. The Kier molecular flexibility index (Phi) is 4.83. The van der Waals surface area contributed by atoms with Crippen LogP contribution in [0.15, 0.2) is 16.7 Å². The quantitative estimate of drug-likeness (QED) is 0.843. The van der Waals surface area contributed by atoms with Gasteiger partial charge in [-0.2, -0.15) is 4.98 Å². The minimum atomic E-state index is -2.26. The predicted octanol–water partition coefficient (Wildman–Crippen LogP) is 3.47. The fourth-order valence-corrected chi connectivity index (χ4v) is 3.69. The van der Waals surface area contributed by atoms with Gasteiger partial charge in [0.15, 0.2) is 5.82 Å². The van der Waals surface area contributed by atoms with E-state index >= 15 is 0 Å². The van der Waals surface area contributed by atoms with E-state index in [4.69, 9.17) is 4.52 Å². The fourth-order valence-electron chi connectivity index (χ4n) is 2.80. The molecular weight excluding hydrogens is 308 g/mol. The molecule has 0 aliphatic carbocycles. The third-order valence-corrected chi connectivity index (χ3v) is 4.95. The van der Waals surface area contributed by atoms with E-state index in [-0.39, 0.29) is 12.5 Å². The lowest BCUT2D eigenvalue weighted by molar-refractivity contribution is 0.0731. The summed E-state index contributed by atoms with van der Waals surface area (Å²) in [5, 5.41) is 4.05. The van der Waals surface area contributed by atoms with Crippen LogP contribution in [0.4, 0.5) is 8.78 Å². The topological polar surface area (TPSA) is 42.2 Å². The monoisotopic (exact) mass is 327 g/mol. The number of thiophene rings is 1. The number of alkyl halides is 2. The maximum absolute atomic E-state index is 12.4. The van der Waals surface area contributed by atoms with Crippen LogP contribution in [0, 0.1) is 6.92 Å². The highest BCUT2D eigenvalue weighted by Gasteiger charge is 2.26. The molecular formula is C15H19F2N3OS. The van der Waals surface area contributed by atoms with Crippen LogP contribution in [0.3, 0.4) is 0 Å². The zero-order valence-electron chi connectivity index (χ0n) is 12.5. The van der Waals surface area contributed by atoms with Crippen LogP contribution < -0.4 is 0 Å². The molecule has 22 heavy (non-hydrogen) atoms. The van der Waals surface area contributed by atoms with Gasteiger partial charge in [-0.1, -0.05) is 5.16 Å². The summed E-state index contributed by atoms with van der Waals surface area (Å²) in [4.78, 5) is 8.77. The number of hydrogen-bond donors (Lipinski definition) is 0. The molecule has 2 aromatic rings. The van der Waals surface area contributed by atoms with Crippen molar-refractivity contribution in [1.29, 1.82) is 0 Å². The molecule has 2 aromatic heterocycles. The van der Waals surface area contributed by atoms with Gasteiger partial charge in [0.25, 0.3) is 6.43 Å². The van der Waals surface area contributed by atoms with Crippen molar-refractivity contribution in [3.63, 3.8) is 0 Å². The van der Waals surface area contributed by atoms with Gasteiger partial charge in [0.05, 0.1) is 6.54 Å². The van der Waals surface area contributed by atoms with Gasteiger partial charge in [0.2, 0.25) is 5.89 Å². The molecule has 0 amide bonds. The Bertz CT molecular complexity index is 605. The summed E-state index contributed by atoms with van der Waals surface area (Å²) < 4.78 is 30.1. The molecule has 0 radical (unpaired) electrons. The normalized spacial score (nSPS) is 17.5. The largest absolute Gasteiger partial charge is 0.339 e. The molecule has 0 atom stereocenters.